The van der Waals surface area contributed by atoms with Gasteiger partial charge in [-0.3, -0.25) is 4.52 Å². The van der Waals surface area contributed by atoms with Gasteiger partial charge < -0.3 is 9.79 Å². The van der Waals surface area contributed by atoms with E-state index in [-0.39, 0.29) is 6.10 Å². The van der Waals surface area contributed by atoms with Crippen LogP contribution in [0.4, 0.5) is 0 Å². The van der Waals surface area contributed by atoms with Crippen molar-refractivity contribution in [3.05, 3.63) is 0 Å². The molecule has 1 saturated carbocycles. The maximum Gasteiger partial charge on any atom is 0.469 e. The summed E-state index contributed by atoms with van der Waals surface area (Å²) in [7, 11) is -4.26. The summed E-state index contributed by atoms with van der Waals surface area (Å²) in [5.41, 5.74) is 0. The van der Waals surface area contributed by atoms with Gasteiger partial charge >= 0.3 is 7.82 Å². The standard InChI is InChI=1S/C8H17O4P/c1-2-7-3-5-8(6-4-7)12-13(9,10)11/h7-8H,2-6H2,1H3,(H2,9,10,11). The number of hydrogen-bond donors (Lipinski definition) is 2. The highest BCUT2D eigenvalue weighted by Crippen LogP contribution is 2.41. The quantitative estimate of drug-likeness (QED) is 0.696. The first-order chi connectivity index (χ1) is 6.01. The van der Waals surface area contributed by atoms with Crippen LogP contribution in [0, 0.1) is 5.92 Å². The van der Waals surface area contributed by atoms with Crippen molar-refractivity contribution in [1.82, 2.24) is 0 Å². The Kier molecular flexibility index (Phi) is 3.92. The average Bonchev–Trinajstić information content (AvgIpc) is 2.03. The molecule has 5 heteroatoms. The maximum absolute atomic E-state index is 10.5. The number of hydrogen-bond acceptors (Lipinski definition) is 2. The van der Waals surface area contributed by atoms with Crippen LogP contribution >= 0.6 is 7.82 Å². The molecule has 0 amide bonds. The lowest BCUT2D eigenvalue weighted by molar-refractivity contribution is 0.0890. The van der Waals surface area contributed by atoms with Gasteiger partial charge in [0.1, 0.15) is 0 Å². The van der Waals surface area contributed by atoms with E-state index in [2.05, 4.69) is 11.4 Å². The van der Waals surface area contributed by atoms with Crippen molar-refractivity contribution in [3.63, 3.8) is 0 Å². The third-order valence-electron chi connectivity index (χ3n) is 2.66. The monoisotopic (exact) mass is 208 g/mol. The normalized spacial score (nSPS) is 30.4. The fourth-order valence-corrected chi connectivity index (χ4v) is 2.44. The minimum Gasteiger partial charge on any atom is -0.303 e. The van der Waals surface area contributed by atoms with Gasteiger partial charge in [-0.2, -0.15) is 0 Å². The molecule has 1 rings (SSSR count). The largest absolute Gasteiger partial charge is 0.469 e. The van der Waals surface area contributed by atoms with Crippen LogP contribution in [0.25, 0.3) is 0 Å². The zero-order valence-corrected chi connectivity index (χ0v) is 8.74. The molecule has 1 fully saturated rings. The van der Waals surface area contributed by atoms with Gasteiger partial charge in [-0.1, -0.05) is 13.3 Å². The summed E-state index contributed by atoms with van der Waals surface area (Å²) in [4.78, 5) is 17.2. The molecule has 0 aromatic heterocycles. The summed E-state index contributed by atoms with van der Waals surface area (Å²) in [6.07, 6.45) is 4.54. The van der Waals surface area contributed by atoms with Crippen LogP contribution in [0.2, 0.25) is 0 Å². The molecular formula is C8H17O4P. The predicted molar refractivity (Wildman–Crippen MR) is 49.2 cm³/mol. The van der Waals surface area contributed by atoms with E-state index in [1.165, 1.54) is 0 Å². The fourth-order valence-electron chi connectivity index (χ4n) is 1.84. The van der Waals surface area contributed by atoms with E-state index in [0.29, 0.717) is 0 Å². The zero-order chi connectivity index (χ0) is 9.90. The summed E-state index contributed by atoms with van der Waals surface area (Å²) in [6.45, 7) is 2.15. The fraction of sp³-hybridized carbons (Fsp3) is 1.00. The zero-order valence-electron chi connectivity index (χ0n) is 7.85. The first kappa shape index (κ1) is 11.2. The smallest absolute Gasteiger partial charge is 0.303 e. The SMILES string of the molecule is CCC1CCC(OP(=O)(O)O)CC1. The van der Waals surface area contributed by atoms with Crippen molar-refractivity contribution in [1.29, 1.82) is 0 Å². The number of phosphoric acid groups is 1. The molecule has 1 aliphatic rings. The molecule has 0 unspecified atom stereocenters. The minimum atomic E-state index is -4.26. The highest BCUT2D eigenvalue weighted by atomic mass is 31.2. The van der Waals surface area contributed by atoms with E-state index in [4.69, 9.17) is 9.79 Å². The van der Waals surface area contributed by atoms with Crippen LogP contribution < -0.4 is 0 Å². The molecule has 0 atom stereocenters. The molecule has 0 aromatic rings. The van der Waals surface area contributed by atoms with Crippen LogP contribution in [-0.4, -0.2) is 15.9 Å². The van der Waals surface area contributed by atoms with E-state index in [1.807, 2.05) is 0 Å². The van der Waals surface area contributed by atoms with Crippen molar-refractivity contribution in [2.24, 2.45) is 5.92 Å². The molecular weight excluding hydrogens is 191 g/mol. The summed E-state index contributed by atoms with van der Waals surface area (Å²) < 4.78 is 15.2. The van der Waals surface area contributed by atoms with Crippen molar-refractivity contribution >= 4 is 7.82 Å². The molecule has 4 nitrogen and oxygen atoms in total. The van der Waals surface area contributed by atoms with Gasteiger partial charge in [0.2, 0.25) is 0 Å². The lowest BCUT2D eigenvalue weighted by Gasteiger charge is -2.27. The van der Waals surface area contributed by atoms with Crippen LogP contribution in [0.1, 0.15) is 39.0 Å². The van der Waals surface area contributed by atoms with Crippen LogP contribution in [-0.2, 0) is 9.09 Å². The van der Waals surface area contributed by atoms with Gasteiger partial charge in [-0.25, -0.2) is 4.57 Å². The second kappa shape index (κ2) is 4.56. The molecule has 0 aliphatic heterocycles. The van der Waals surface area contributed by atoms with Crippen LogP contribution in [0.15, 0.2) is 0 Å². The van der Waals surface area contributed by atoms with Gasteiger partial charge in [0.15, 0.2) is 0 Å². The van der Waals surface area contributed by atoms with E-state index in [0.717, 1.165) is 38.0 Å². The Morgan fingerprint density at radius 2 is 1.85 bits per heavy atom. The molecule has 1 aliphatic carbocycles. The lowest BCUT2D eigenvalue weighted by atomic mass is 9.86. The summed E-state index contributed by atoms with van der Waals surface area (Å²) in [5.74, 6) is 0.719. The molecule has 0 heterocycles. The van der Waals surface area contributed by atoms with Crippen molar-refractivity contribution < 1.29 is 18.9 Å². The van der Waals surface area contributed by atoms with Gasteiger partial charge in [-0.15, -0.1) is 0 Å². The number of rotatable bonds is 3. The third kappa shape index (κ3) is 4.23. The Labute approximate surface area is 78.5 Å². The molecule has 13 heavy (non-hydrogen) atoms. The van der Waals surface area contributed by atoms with Crippen LogP contribution in [0.3, 0.4) is 0 Å². The Morgan fingerprint density at radius 1 is 1.31 bits per heavy atom. The molecule has 78 valence electrons. The second-order valence-corrected chi connectivity index (χ2v) is 4.84. The molecule has 0 saturated heterocycles. The highest BCUT2D eigenvalue weighted by Gasteiger charge is 2.26. The van der Waals surface area contributed by atoms with Crippen molar-refractivity contribution in [2.75, 3.05) is 0 Å². The first-order valence-corrected chi connectivity index (χ1v) is 6.28. The van der Waals surface area contributed by atoms with E-state index in [9.17, 15) is 4.57 Å². The molecule has 2 N–H and O–H groups in total. The van der Waals surface area contributed by atoms with Crippen molar-refractivity contribution in [3.8, 4) is 0 Å². The van der Waals surface area contributed by atoms with Gasteiger partial charge in [0.05, 0.1) is 6.10 Å². The summed E-state index contributed by atoms with van der Waals surface area (Å²) in [6, 6.07) is 0. The highest BCUT2D eigenvalue weighted by molar-refractivity contribution is 7.46. The van der Waals surface area contributed by atoms with Gasteiger partial charge in [0.25, 0.3) is 0 Å². The predicted octanol–water partition coefficient (Wildman–Crippen LogP) is 2.06. The number of phosphoric ester groups is 1. The summed E-state index contributed by atoms with van der Waals surface area (Å²) >= 11 is 0. The van der Waals surface area contributed by atoms with Crippen LogP contribution in [0.5, 0.6) is 0 Å². The Balaban J connectivity index is 2.29. The molecule has 0 spiro atoms. The maximum atomic E-state index is 10.5. The van der Waals surface area contributed by atoms with E-state index >= 15 is 0 Å². The molecule has 0 radical (unpaired) electrons. The molecule has 0 aromatic carbocycles. The first-order valence-electron chi connectivity index (χ1n) is 4.75. The Hall–Kier alpha value is 0.110. The lowest BCUT2D eigenvalue weighted by Crippen LogP contribution is -2.20. The van der Waals surface area contributed by atoms with Gasteiger partial charge in [0, 0.05) is 0 Å². The second-order valence-electron chi connectivity index (χ2n) is 3.65. The topological polar surface area (TPSA) is 66.8 Å². The van der Waals surface area contributed by atoms with E-state index < -0.39 is 7.82 Å². The van der Waals surface area contributed by atoms with Crippen molar-refractivity contribution in [2.45, 2.75) is 45.1 Å². The Morgan fingerprint density at radius 3 is 2.23 bits per heavy atom. The molecule has 0 bridgehead atoms. The Bertz CT molecular complexity index is 192. The van der Waals surface area contributed by atoms with Gasteiger partial charge in [-0.05, 0) is 31.6 Å². The minimum absolute atomic E-state index is 0.233. The average molecular weight is 208 g/mol. The summed E-state index contributed by atoms with van der Waals surface area (Å²) in [5, 5.41) is 0. The van der Waals surface area contributed by atoms with E-state index in [1.54, 1.807) is 0 Å². The third-order valence-corrected chi connectivity index (χ3v) is 3.23.